The first kappa shape index (κ1) is 25.9. The molecule has 0 saturated heterocycles. The van der Waals surface area contributed by atoms with Crippen LogP contribution in [0.5, 0.6) is 11.5 Å². The number of halogens is 4. The molecule has 2 rings (SSSR count). The van der Waals surface area contributed by atoms with Gasteiger partial charge in [-0.25, -0.2) is 0 Å². The summed E-state index contributed by atoms with van der Waals surface area (Å²) < 4.78 is 53.4. The number of nitro groups is 1. The molecule has 0 heterocycles. The Balaban J connectivity index is 2.15. The molecule has 1 unspecified atom stereocenters. The van der Waals surface area contributed by atoms with Crippen molar-refractivity contribution in [2.24, 2.45) is 5.92 Å². The van der Waals surface area contributed by atoms with Crippen LogP contribution in [0.25, 0.3) is 0 Å². The van der Waals surface area contributed by atoms with E-state index in [2.05, 4.69) is 4.74 Å². The van der Waals surface area contributed by atoms with E-state index in [1.54, 1.807) is 6.92 Å². The second kappa shape index (κ2) is 11.0. The van der Waals surface area contributed by atoms with Crippen LogP contribution in [0.2, 0.25) is 5.02 Å². The van der Waals surface area contributed by atoms with E-state index in [-0.39, 0.29) is 46.7 Å². The van der Waals surface area contributed by atoms with E-state index in [0.717, 1.165) is 18.2 Å². The van der Waals surface area contributed by atoms with Crippen molar-refractivity contribution in [3.63, 3.8) is 0 Å². The van der Waals surface area contributed by atoms with Crippen LogP contribution in [-0.4, -0.2) is 30.6 Å². The predicted molar refractivity (Wildman–Crippen MR) is 110 cm³/mol. The Morgan fingerprint density at radius 2 is 1.85 bits per heavy atom. The lowest BCUT2D eigenvalue weighted by molar-refractivity contribution is -0.385. The quantitative estimate of drug-likeness (QED) is 0.266. The molecular weight excluding hydrogens is 471 g/mol. The molecule has 0 aliphatic carbocycles. The maximum Gasteiger partial charge on any atom is 0.416 e. The van der Waals surface area contributed by atoms with E-state index >= 15 is 0 Å². The molecule has 0 amide bonds. The molecule has 1 atom stereocenters. The zero-order chi connectivity index (χ0) is 24.8. The van der Waals surface area contributed by atoms with Crippen molar-refractivity contribution in [3.05, 3.63) is 62.7 Å². The maximum absolute atomic E-state index is 12.8. The lowest BCUT2D eigenvalue weighted by Gasteiger charge is -2.13. The highest BCUT2D eigenvalue weighted by molar-refractivity contribution is 6.32. The Hall–Kier alpha value is -3.34. The Morgan fingerprint density at radius 3 is 2.42 bits per heavy atom. The lowest BCUT2D eigenvalue weighted by atomic mass is 10.1. The molecular formula is C21H19ClF3NO7. The van der Waals surface area contributed by atoms with Crippen molar-refractivity contribution in [1.29, 1.82) is 0 Å². The van der Waals surface area contributed by atoms with Gasteiger partial charge in [-0.05, 0) is 30.3 Å². The van der Waals surface area contributed by atoms with E-state index in [0.29, 0.717) is 6.07 Å². The molecule has 0 spiro atoms. The second-order valence-corrected chi connectivity index (χ2v) is 7.45. The zero-order valence-corrected chi connectivity index (χ0v) is 18.2. The Morgan fingerprint density at radius 1 is 1.15 bits per heavy atom. The average Bonchev–Trinajstić information content (AvgIpc) is 2.72. The number of hydrogen-bond donors (Lipinski definition) is 0. The number of rotatable bonds is 9. The average molecular weight is 490 g/mol. The Kier molecular flexibility index (Phi) is 8.63. The molecule has 2 aromatic rings. The Labute approximate surface area is 191 Å². The highest BCUT2D eigenvalue weighted by atomic mass is 35.5. The number of methoxy groups -OCH3 is 1. The summed E-state index contributed by atoms with van der Waals surface area (Å²) in [6, 6.07) is 6.00. The minimum absolute atomic E-state index is 0.0177. The van der Waals surface area contributed by atoms with Gasteiger partial charge in [0, 0.05) is 17.5 Å². The van der Waals surface area contributed by atoms with Gasteiger partial charge in [-0.2, -0.15) is 13.2 Å². The summed E-state index contributed by atoms with van der Waals surface area (Å²) in [6.07, 6.45) is -5.03. The Bertz CT molecular complexity index is 1040. The van der Waals surface area contributed by atoms with E-state index in [9.17, 15) is 32.9 Å². The van der Waals surface area contributed by atoms with Crippen LogP contribution in [-0.2, 0) is 31.7 Å². The summed E-state index contributed by atoms with van der Waals surface area (Å²) in [5.41, 5.74) is -1.38. The fraction of sp³-hybridized carbons (Fsp3) is 0.333. The van der Waals surface area contributed by atoms with Crippen LogP contribution in [0, 0.1) is 16.0 Å². The fourth-order valence-electron chi connectivity index (χ4n) is 2.70. The van der Waals surface area contributed by atoms with Crippen molar-refractivity contribution in [2.75, 3.05) is 13.7 Å². The zero-order valence-electron chi connectivity index (χ0n) is 17.5. The maximum atomic E-state index is 12.8. The van der Waals surface area contributed by atoms with Crippen molar-refractivity contribution < 1.29 is 41.9 Å². The minimum Gasteiger partial charge on any atom is -0.469 e. The first-order valence-corrected chi connectivity index (χ1v) is 9.82. The van der Waals surface area contributed by atoms with E-state index in [4.69, 9.17) is 21.1 Å². The number of alkyl halides is 3. The molecule has 178 valence electrons. The lowest BCUT2D eigenvalue weighted by Crippen LogP contribution is -2.17. The molecule has 2 aromatic carbocycles. The van der Waals surface area contributed by atoms with Gasteiger partial charge < -0.3 is 14.2 Å². The van der Waals surface area contributed by atoms with Crippen LogP contribution in [0.15, 0.2) is 36.4 Å². The summed E-state index contributed by atoms with van der Waals surface area (Å²) in [5.74, 6) is -1.67. The van der Waals surface area contributed by atoms with E-state index < -0.39 is 35.0 Å². The molecule has 0 aromatic heterocycles. The first-order valence-electron chi connectivity index (χ1n) is 9.45. The van der Waals surface area contributed by atoms with Gasteiger partial charge in [-0.3, -0.25) is 19.7 Å². The van der Waals surface area contributed by atoms with Crippen LogP contribution in [0.3, 0.4) is 0 Å². The fourth-order valence-corrected chi connectivity index (χ4v) is 2.92. The molecule has 0 saturated carbocycles. The van der Waals surface area contributed by atoms with Crippen LogP contribution >= 0.6 is 11.6 Å². The second-order valence-electron chi connectivity index (χ2n) is 7.04. The largest absolute Gasteiger partial charge is 0.469 e. The van der Waals surface area contributed by atoms with Gasteiger partial charge in [0.15, 0.2) is 0 Å². The van der Waals surface area contributed by atoms with Crippen LogP contribution in [0.1, 0.15) is 24.5 Å². The number of nitrogens with zero attached hydrogens (tertiary/aromatic N) is 1. The molecule has 12 heteroatoms. The third kappa shape index (κ3) is 7.63. The third-order valence-corrected chi connectivity index (χ3v) is 4.64. The number of esters is 2. The minimum atomic E-state index is -4.59. The smallest absolute Gasteiger partial charge is 0.416 e. The summed E-state index contributed by atoms with van der Waals surface area (Å²) >= 11 is 5.87. The summed E-state index contributed by atoms with van der Waals surface area (Å²) in [6.45, 7) is 1.56. The first-order chi connectivity index (χ1) is 15.4. The monoisotopic (exact) mass is 489 g/mol. The highest BCUT2D eigenvalue weighted by Gasteiger charge is 2.31. The predicted octanol–water partition coefficient (Wildman–Crippen LogP) is 5.34. The number of hydrogen-bond acceptors (Lipinski definition) is 7. The van der Waals surface area contributed by atoms with E-state index in [1.165, 1.54) is 19.2 Å². The molecule has 0 N–H and O–H groups in total. The molecule has 33 heavy (non-hydrogen) atoms. The van der Waals surface area contributed by atoms with Crippen molar-refractivity contribution in [2.45, 2.75) is 25.9 Å². The molecule has 0 radical (unpaired) electrons. The van der Waals surface area contributed by atoms with Gasteiger partial charge in [-0.15, -0.1) is 0 Å². The number of nitro benzene ring substituents is 1. The SMILES string of the molecule is COC(=O)CC(C)COC(=O)Cc1cc(Oc2ccc(C(F)(F)F)cc2Cl)ccc1[N+](=O)[O-]. The van der Waals surface area contributed by atoms with Gasteiger partial charge in [0.05, 0.1) is 42.1 Å². The molecule has 0 aliphatic heterocycles. The molecule has 0 bridgehead atoms. The van der Waals surface area contributed by atoms with E-state index in [1.807, 2.05) is 0 Å². The van der Waals surface area contributed by atoms with Crippen LogP contribution < -0.4 is 4.74 Å². The third-order valence-electron chi connectivity index (χ3n) is 4.34. The number of ether oxygens (including phenoxy) is 3. The summed E-state index contributed by atoms with van der Waals surface area (Å²) in [4.78, 5) is 34.0. The van der Waals surface area contributed by atoms with Crippen LogP contribution in [0.4, 0.5) is 18.9 Å². The standard InChI is InChI=1S/C21H19ClF3NO7/c1-12(7-19(27)31-2)11-32-20(28)9-13-8-15(4-5-17(13)26(29)30)33-18-6-3-14(10-16(18)22)21(23,24)25/h3-6,8,10,12H,7,9,11H2,1-2H3. The highest BCUT2D eigenvalue weighted by Crippen LogP contribution is 2.37. The van der Waals surface area contributed by atoms with Gasteiger partial charge in [-0.1, -0.05) is 18.5 Å². The number of benzene rings is 2. The molecule has 8 nitrogen and oxygen atoms in total. The van der Waals surface area contributed by atoms with Crippen molar-refractivity contribution >= 4 is 29.2 Å². The van der Waals surface area contributed by atoms with Gasteiger partial charge >= 0.3 is 18.1 Å². The number of carbonyl (C=O) groups excluding carboxylic acids is 2. The molecule has 0 aliphatic rings. The topological polar surface area (TPSA) is 105 Å². The summed E-state index contributed by atoms with van der Waals surface area (Å²) in [7, 11) is 1.23. The van der Waals surface area contributed by atoms with Gasteiger partial charge in [0.2, 0.25) is 0 Å². The number of carbonyl (C=O) groups is 2. The van der Waals surface area contributed by atoms with Crippen molar-refractivity contribution in [1.82, 2.24) is 0 Å². The van der Waals surface area contributed by atoms with Gasteiger partial charge in [0.1, 0.15) is 11.5 Å². The van der Waals surface area contributed by atoms with Crippen molar-refractivity contribution in [3.8, 4) is 11.5 Å². The van der Waals surface area contributed by atoms with Gasteiger partial charge in [0.25, 0.3) is 5.69 Å². The molecule has 0 fully saturated rings. The normalized spacial score (nSPS) is 12.1. The summed E-state index contributed by atoms with van der Waals surface area (Å²) in [5, 5.41) is 11.0.